The molecule has 8 nitrogen and oxygen atoms in total. The van der Waals surface area contributed by atoms with Gasteiger partial charge in [0.1, 0.15) is 5.76 Å². The number of nitrogens with one attached hydrogen (secondary N) is 1. The minimum Gasteiger partial charge on any atom is -0.465 e. The maximum absolute atomic E-state index is 5.72. The standard InChI is InChI=1S/C20H25N7O/c1-24(2)10-6-11-25-13-21-19-23-18(17-9-5-12-28-17)27-16-8-4-3-7-15(16)22-20(27)26(19)14-25/h3-5,7-9,12,18H,6,10-11,13-14H2,1-2H3,(H,21,23)/t18-/m1/s1. The van der Waals surface area contributed by atoms with Crippen molar-refractivity contribution >= 4 is 22.9 Å². The van der Waals surface area contributed by atoms with Gasteiger partial charge in [-0.05, 0) is 51.3 Å². The number of guanidine groups is 1. The highest BCUT2D eigenvalue weighted by atomic mass is 16.3. The van der Waals surface area contributed by atoms with Crippen LogP contribution < -0.4 is 10.2 Å². The molecule has 0 unspecified atom stereocenters. The molecule has 2 aliphatic heterocycles. The zero-order valence-electron chi connectivity index (χ0n) is 16.2. The molecule has 0 radical (unpaired) electrons. The van der Waals surface area contributed by atoms with E-state index < -0.39 is 0 Å². The van der Waals surface area contributed by atoms with E-state index >= 15 is 0 Å². The summed E-state index contributed by atoms with van der Waals surface area (Å²) in [5.41, 5.74) is 2.05. The van der Waals surface area contributed by atoms with E-state index in [0.717, 1.165) is 54.9 Å². The number of hydrogen-bond acceptors (Lipinski definition) is 7. The van der Waals surface area contributed by atoms with E-state index in [2.05, 4.69) is 50.8 Å². The Kier molecular flexibility index (Phi) is 4.29. The molecule has 0 spiro atoms. The highest BCUT2D eigenvalue weighted by Crippen LogP contribution is 2.33. The number of aromatic nitrogens is 2. The molecule has 1 N–H and O–H groups in total. The van der Waals surface area contributed by atoms with Gasteiger partial charge in [0.25, 0.3) is 0 Å². The lowest BCUT2D eigenvalue weighted by atomic mass is 10.2. The first-order valence-corrected chi connectivity index (χ1v) is 9.67. The second-order valence-electron chi connectivity index (χ2n) is 7.58. The third-order valence-corrected chi connectivity index (χ3v) is 5.25. The van der Waals surface area contributed by atoms with Crippen molar-refractivity contribution < 1.29 is 4.42 Å². The Hall–Kier alpha value is -2.84. The number of rotatable bonds is 5. The highest BCUT2D eigenvalue weighted by molar-refractivity contribution is 5.98. The molecule has 4 heterocycles. The number of nitrogens with zero attached hydrogens (tertiary/aromatic N) is 6. The fourth-order valence-corrected chi connectivity index (χ4v) is 3.91. The van der Waals surface area contributed by atoms with Gasteiger partial charge < -0.3 is 14.6 Å². The van der Waals surface area contributed by atoms with E-state index in [0.29, 0.717) is 6.67 Å². The molecule has 0 saturated heterocycles. The number of para-hydroxylation sites is 2. The lowest BCUT2D eigenvalue weighted by Crippen LogP contribution is -2.57. The van der Waals surface area contributed by atoms with Crippen LogP contribution in [0.4, 0.5) is 5.95 Å². The first kappa shape index (κ1) is 17.3. The summed E-state index contributed by atoms with van der Waals surface area (Å²) in [7, 11) is 4.22. The van der Waals surface area contributed by atoms with Gasteiger partial charge in [-0.15, -0.1) is 0 Å². The van der Waals surface area contributed by atoms with E-state index in [1.165, 1.54) is 0 Å². The van der Waals surface area contributed by atoms with E-state index in [-0.39, 0.29) is 6.17 Å². The van der Waals surface area contributed by atoms with Crippen molar-refractivity contribution in [1.29, 1.82) is 0 Å². The number of hydrogen-bond donors (Lipinski definition) is 1. The van der Waals surface area contributed by atoms with Crippen molar-refractivity contribution in [2.45, 2.75) is 12.6 Å². The van der Waals surface area contributed by atoms with E-state index in [1.807, 2.05) is 24.3 Å². The summed E-state index contributed by atoms with van der Waals surface area (Å²) in [5.74, 6) is 2.60. The molecule has 146 valence electrons. The summed E-state index contributed by atoms with van der Waals surface area (Å²) < 4.78 is 7.93. The molecule has 0 aliphatic carbocycles. The number of anilines is 1. The van der Waals surface area contributed by atoms with Gasteiger partial charge in [-0.2, -0.15) is 0 Å². The number of aliphatic imine (C=N–C) groups is 1. The molecule has 28 heavy (non-hydrogen) atoms. The van der Waals surface area contributed by atoms with Gasteiger partial charge in [0.15, 0.2) is 6.17 Å². The topological polar surface area (TPSA) is 65.1 Å². The number of benzene rings is 1. The average molecular weight is 379 g/mol. The SMILES string of the molecule is CN(C)CCCN1CN=C2N[C@@H](c3ccco3)n3c(nc4ccccc43)N2C1. The summed E-state index contributed by atoms with van der Waals surface area (Å²) in [5, 5.41) is 3.56. The van der Waals surface area contributed by atoms with Crippen LogP contribution in [-0.2, 0) is 0 Å². The molecule has 0 amide bonds. The van der Waals surface area contributed by atoms with Gasteiger partial charge in [0.2, 0.25) is 11.9 Å². The van der Waals surface area contributed by atoms with Crippen LogP contribution in [0.15, 0.2) is 52.1 Å². The van der Waals surface area contributed by atoms with Crippen LogP contribution in [0.3, 0.4) is 0 Å². The summed E-state index contributed by atoms with van der Waals surface area (Å²) in [6.07, 6.45) is 2.66. The molecule has 1 aromatic carbocycles. The van der Waals surface area contributed by atoms with Crippen molar-refractivity contribution in [1.82, 2.24) is 24.7 Å². The second-order valence-corrected chi connectivity index (χ2v) is 7.58. The Morgan fingerprint density at radius 3 is 2.93 bits per heavy atom. The summed E-state index contributed by atoms with van der Waals surface area (Å²) in [4.78, 5) is 16.5. The van der Waals surface area contributed by atoms with Gasteiger partial charge in [-0.3, -0.25) is 14.4 Å². The quantitative estimate of drug-likeness (QED) is 0.733. The first-order valence-electron chi connectivity index (χ1n) is 9.67. The van der Waals surface area contributed by atoms with Crippen LogP contribution in [0.1, 0.15) is 18.3 Å². The highest BCUT2D eigenvalue weighted by Gasteiger charge is 2.36. The lowest BCUT2D eigenvalue weighted by molar-refractivity contribution is 0.252. The Bertz CT molecular complexity index is 991. The molecule has 0 fully saturated rings. The minimum atomic E-state index is -0.160. The Labute approximate surface area is 164 Å². The molecular weight excluding hydrogens is 354 g/mol. The van der Waals surface area contributed by atoms with Crippen molar-refractivity contribution in [2.75, 3.05) is 45.4 Å². The Morgan fingerprint density at radius 2 is 2.11 bits per heavy atom. The normalized spacial score (nSPS) is 19.5. The molecule has 3 aromatic rings. The van der Waals surface area contributed by atoms with Gasteiger partial charge in [0, 0.05) is 6.54 Å². The molecular formula is C20H25N7O. The Balaban J connectivity index is 1.51. The predicted octanol–water partition coefficient (Wildman–Crippen LogP) is 2.12. The molecule has 1 atom stereocenters. The predicted molar refractivity (Wildman–Crippen MR) is 109 cm³/mol. The fourth-order valence-electron chi connectivity index (χ4n) is 3.91. The molecule has 0 bridgehead atoms. The third kappa shape index (κ3) is 2.94. The smallest absolute Gasteiger partial charge is 0.216 e. The van der Waals surface area contributed by atoms with E-state index in [1.54, 1.807) is 6.26 Å². The van der Waals surface area contributed by atoms with Crippen molar-refractivity contribution in [2.24, 2.45) is 4.99 Å². The van der Waals surface area contributed by atoms with Gasteiger partial charge in [-0.1, -0.05) is 12.1 Å². The maximum atomic E-state index is 5.72. The molecule has 2 aromatic heterocycles. The molecule has 5 rings (SSSR count). The third-order valence-electron chi connectivity index (χ3n) is 5.25. The minimum absolute atomic E-state index is 0.160. The molecule has 8 heteroatoms. The van der Waals surface area contributed by atoms with Crippen molar-refractivity contribution in [3.8, 4) is 0 Å². The van der Waals surface area contributed by atoms with Crippen LogP contribution in [0.2, 0.25) is 0 Å². The fraction of sp³-hybridized carbons (Fsp3) is 0.400. The Morgan fingerprint density at radius 1 is 1.21 bits per heavy atom. The largest absolute Gasteiger partial charge is 0.465 e. The zero-order valence-corrected chi connectivity index (χ0v) is 16.2. The zero-order chi connectivity index (χ0) is 19.1. The van der Waals surface area contributed by atoms with Gasteiger partial charge in [0.05, 0.1) is 30.6 Å². The van der Waals surface area contributed by atoms with Gasteiger partial charge in [-0.25, -0.2) is 9.98 Å². The van der Waals surface area contributed by atoms with E-state index in [9.17, 15) is 0 Å². The van der Waals surface area contributed by atoms with Crippen molar-refractivity contribution in [3.63, 3.8) is 0 Å². The van der Waals surface area contributed by atoms with Crippen LogP contribution in [0.25, 0.3) is 11.0 Å². The summed E-state index contributed by atoms with van der Waals surface area (Å²) in [6.45, 7) is 3.54. The monoisotopic (exact) mass is 379 g/mol. The van der Waals surface area contributed by atoms with Gasteiger partial charge >= 0.3 is 0 Å². The molecule has 2 aliphatic rings. The van der Waals surface area contributed by atoms with Crippen molar-refractivity contribution in [3.05, 3.63) is 48.4 Å². The average Bonchev–Trinajstić information content (AvgIpc) is 3.35. The lowest BCUT2D eigenvalue weighted by Gasteiger charge is -2.41. The molecule has 0 saturated carbocycles. The first-order chi connectivity index (χ1) is 13.7. The summed E-state index contributed by atoms with van der Waals surface area (Å²) >= 11 is 0. The van der Waals surface area contributed by atoms with Crippen LogP contribution in [-0.4, -0.2) is 65.8 Å². The van der Waals surface area contributed by atoms with E-state index in [4.69, 9.17) is 14.4 Å². The van der Waals surface area contributed by atoms with Crippen LogP contribution >= 0.6 is 0 Å². The van der Waals surface area contributed by atoms with Crippen LogP contribution in [0.5, 0.6) is 0 Å². The number of imidazole rings is 1. The number of fused-ring (bicyclic) bond motifs is 5. The maximum Gasteiger partial charge on any atom is 0.216 e. The summed E-state index contributed by atoms with van der Waals surface area (Å²) in [6, 6.07) is 12.1. The number of furan rings is 1. The second kappa shape index (κ2) is 6.96. The van der Waals surface area contributed by atoms with Crippen LogP contribution in [0, 0.1) is 0 Å².